The predicted molar refractivity (Wildman–Crippen MR) is 96.0 cm³/mol. The second-order valence-electron chi connectivity index (χ2n) is 6.51. The topological polar surface area (TPSA) is 66.5 Å². The molecule has 1 rings (SSSR count). The van der Waals surface area contributed by atoms with Gasteiger partial charge in [-0.05, 0) is 45.7 Å². The number of hydrogen-bond donors (Lipinski definition) is 1. The Bertz CT molecular complexity index is 602. The van der Waals surface area contributed by atoms with Gasteiger partial charge in [-0.1, -0.05) is 26.0 Å². The van der Waals surface area contributed by atoms with E-state index in [1.807, 2.05) is 13.8 Å². The molecule has 0 aromatic heterocycles. The molecule has 24 heavy (non-hydrogen) atoms. The van der Waals surface area contributed by atoms with Crippen LogP contribution in [0.2, 0.25) is 0 Å². The zero-order valence-electron chi connectivity index (χ0n) is 15.3. The summed E-state index contributed by atoms with van der Waals surface area (Å²) in [5, 5.41) is 2.76. The molecule has 0 atom stereocenters. The second-order valence-corrected chi connectivity index (χ2v) is 6.51. The molecular formula is C19H28N2O3. The molecule has 5 heteroatoms. The molecule has 0 aliphatic rings. The third kappa shape index (κ3) is 4.91. The van der Waals surface area contributed by atoms with Crippen molar-refractivity contribution < 1.29 is 14.4 Å². The van der Waals surface area contributed by atoms with Gasteiger partial charge in [0.1, 0.15) is 5.41 Å². The third-order valence-corrected chi connectivity index (χ3v) is 3.90. The van der Waals surface area contributed by atoms with Crippen molar-refractivity contribution in [1.82, 2.24) is 4.90 Å². The van der Waals surface area contributed by atoms with Gasteiger partial charge in [0.25, 0.3) is 0 Å². The fourth-order valence-electron chi connectivity index (χ4n) is 2.45. The lowest BCUT2D eigenvalue weighted by Gasteiger charge is -2.30. The fourth-order valence-corrected chi connectivity index (χ4v) is 2.45. The average molecular weight is 332 g/mol. The van der Waals surface area contributed by atoms with E-state index in [9.17, 15) is 14.4 Å². The lowest BCUT2D eigenvalue weighted by molar-refractivity contribution is -0.146. The number of nitrogens with zero attached hydrogens (tertiary/aromatic N) is 1. The Morgan fingerprint density at radius 2 is 1.67 bits per heavy atom. The first kappa shape index (κ1) is 19.9. The van der Waals surface area contributed by atoms with Gasteiger partial charge in [0.2, 0.25) is 11.8 Å². The van der Waals surface area contributed by atoms with Crippen LogP contribution >= 0.6 is 0 Å². The van der Waals surface area contributed by atoms with Crippen LogP contribution in [-0.2, 0) is 9.59 Å². The molecule has 0 bridgehead atoms. The van der Waals surface area contributed by atoms with Crippen LogP contribution in [-0.4, -0.2) is 35.6 Å². The van der Waals surface area contributed by atoms with Crippen molar-refractivity contribution in [3.8, 4) is 0 Å². The standard InChI is InChI=1S/C19H28N2O3/c1-6-11-21(12-7-2)18(24)19(4,5)17(23)20-16-10-8-9-15(13-16)14(3)22/h8-10,13H,6-7,11-12H2,1-5H3,(H,20,23). The van der Waals surface area contributed by atoms with Crippen molar-refractivity contribution in [2.75, 3.05) is 18.4 Å². The van der Waals surface area contributed by atoms with Gasteiger partial charge in [-0.25, -0.2) is 0 Å². The van der Waals surface area contributed by atoms with E-state index in [0.717, 1.165) is 12.8 Å². The van der Waals surface area contributed by atoms with E-state index in [-0.39, 0.29) is 17.6 Å². The van der Waals surface area contributed by atoms with Crippen LogP contribution < -0.4 is 5.32 Å². The summed E-state index contributed by atoms with van der Waals surface area (Å²) in [5.41, 5.74) is -0.127. The molecule has 132 valence electrons. The maximum absolute atomic E-state index is 12.8. The smallest absolute Gasteiger partial charge is 0.239 e. The summed E-state index contributed by atoms with van der Waals surface area (Å²) in [4.78, 5) is 38.6. The molecule has 1 N–H and O–H groups in total. The maximum Gasteiger partial charge on any atom is 0.239 e. The molecule has 0 spiro atoms. The first-order valence-electron chi connectivity index (χ1n) is 8.45. The van der Waals surface area contributed by atoms with E-state index in [1.54, 1.807) is 43.0 Å². The third-order valence-electron chi connectivity index (χ3n) is 3.90. The van der Waals surface area contributed by atoms with Gasteiger partial charge in [0.15, 0.2) is 5.78 Å². The molecular weight excluding hydrogens is 304 g/mol. The molecule has 0 heterocycles. The molecule has 0 aliphatic heterocycles. The van der Waals surface area contributed by atoms with E-state index >= 15 is 0 Å². The van der Waals surface area contributed by atoms with Crippen LogP contribution in [0.3, 0.4) is 0 Å². The van der Waals surface area contributed by atoms with Gasteiger partial charge in [-0.15, -0.1) is 0 Å². The Hall–Kier alpha value is -2.17. The zero-order chi connectivity index (χ0) is 18.3. The summed E-state index contributed by atoms with van der Waals surface area (Å²) in [6.07, 6.45) is 1.70. The van der Waals surface area contributed by atoms with E-state index < -0.39 is 5.41 Å². The summed E-state index contributed by atoms with van der Waals surface area (Å²) in [6, 6.07) is 6.73. The summed E-state index contributed by atoms with van der Waals surface area (Å²) in [6.45, 7) is 10.1. The quantitative estimate of drug-likeness (QED) is 0.585. The number of carbonyl (C=O) groups excluding carboxylic acids is 3. The minimum absolute atomic E-state index is 0.0708. The normalized spacial score (nSPS) is 11.0. The predicted octanol–water partition coefficient (Wildman–Crippen LogP) is 3.50. The number of amides is 2. The van der Waals surface area contributed by atoms with E-state index in [0.29, 0.717) is 24.3 Å². The number of nitrogens with one attached hydrogen (secondary N) is 1. The van der Waals surface area contributed by atoms with Gasteiger partial charge in [-0.2, -0.15) is 0 Å². The number of Topliss-reactive ketones (excluding diaryl/α,β-unsaturated/α-hetero) is 1. The van der Waals surface area contributed by atoms with Gasteiger partial charge >= 0.3 is 0 Å². The zero-order valence-corrected chi connectivity index (χ0v) is 15.3. The first-order chi connectivity index (χ1) is 11.2. The Kier molecular flexibility index (Phi) is 7.14. The molecule has 0 saturated carbocycles. The van der Waals surface area contributed by atoms with Crippen LogP contribution in [0.1, 0.15) is 57.8 Å². The summed E-state index contributed by atoms with van der Waals surface area (Å²) in [7, 11) is 0. The van der Waals surface area contributed by atoms with Crippen LogP contribution in [0.15, 0.2) is 24.3 Å². The molecule has 0 aliphatic carbocycles. The average Bonchev–Trinajstić information content (AvgIpc) is 2.54. The number of ketones is 1. The summed E-state index contributed by atoms with van der Waals surface area (Å²) < 4.78 is 0. The second kappa shape index (κ2) is 8.62. The fraction of sp³-hybridized carbons (Fsp3) is 0.526. The van der Waals surface area contributed by atoms with Gasteiger partial charge < -0.3 is 10.2 Å². The molecule has 0 unspecified atom stereocenters. The number of hydrogen-bond acceptors (Lipinski definition) is 3. The van der Waals surface area contributed by atoms with Gasteiger partial charge in [0.05, 0.1) is 0 Å². The lowest BCUT2D eigenvalue weighted by atomic mass is 9.89. The SMILES string of the molecule is CCCN(CCC)C(=O)C(C)(C)C(=O)Nc1cccc(C(C)=O)c1. The van der Waals surface area contributed by atoms with Crippen molar-refractivity contribution in [3.63, 3.8) is 0 Å². The van der Waals surface area contributed by atoms with Crippen LogP contribution in [0.5, 0.6) is 0 Å². The first-order valence-corrected chi connectivity index (χ1v) is 8.45. The summed E-state index contributed by atoms with van der Waals surface area (Å²) >= 11 is 0. The van der Waals surface area contributed by atoms with Gasteiger partial charge in [-0.3, -0.25) is 14.4 Å². The van der Waals surface area contributed by atoms with Crippen LogP contribution in [0, 0.1) is 5.41 Å². The van der Waals surface area contributed by atoms with Crippen LogP contribution in [0.25, 0.3) is 0 Å². The van der Waals surface area contributed by atoms with Crippen molar-refractivity contribution in [3.05, 3.63) is 29.8 Å². The highest BCUT2D eigenvalue weighted by atomic mass is 16.2. The summed E-state index contributed by atoms with van der Waals surface area (Å²) in [5.74, 6) is -0.615. The van der Waals surface area contributed by atoms with Crippen molar-refractivity contribution in [2.24, 2.45) is 5.41 Å². The van der Waals surface area contributed by atoms with E-state index in [2.05, 4.69) is 5.32 Å². The minimum atomic E-state index is -1.17. The molecule has 0 fully saturated rings. The number of anilines is 1. The highest BCUT2D eigenvalue weighted by molar-refractivity contribution is 6.10. The number of benzene rings is 1. The molecule has 2 amide bonds. The van der Waals surface area contributed by atoms with Crippen LogP contribution in [0.4, 0.5) is 5.69 Å². The Balaban J connectivity index is 2.93. The van der Waals surface area contributed by atoms with E-state index in [1.165, 1.54) is 6.92 Å². The molecule has 1 aromatic carbocycles. The Labute approximate surface area is 144 Å². The molecule has 0 radical (unpaired) electrons. The highest BCUT2D eigenvalue weighted by Crippen LogP contribution is 2.23. The Morgan fingerprint density at radius 1 is 1.08 bits per heavy atom. The maximum atomic E-state index is 12.8. The van der Waals surface area contributed by atoms with Crippen molar-refractivity contribution in [2.45, 2.75) is 47.5 Å². The lowest BCUT2D eigenvalue weighted by Crippen LogP contribution is -2.47. The van der Waals surface area contributed by atoms with Gasteiger partial charge in [0, 0.05) is 24.3 Å². The number of rotatable bonds is 8. The molecule has 1 aromatic rings. The molecule has 0 saturated heterocycles. The highest BCUT2D eigenvalue weighted by Gasteiger charge is 2.38. The van der Waals surface area contributed by atoms with Crippen molar-refractivity contribution >= 4 is 23.3 Å². The largest absolute Gasteiger partial charge is 0.342 e. The monoisotopic (exact) mass is 332 g/mol. The molecule has 5 nitrogen and oxygen atoms in total. The van der Waals surface area contributed by atoms with Crippen molar-refractivity contribution in [1.29, 1.82) is 0 Å². The van der Waals surface area contributed by atoms with E-state index in [4.69, 9.17) is 0 Å². The Morgan fingerprint density at radius 3 is 2.17 bits per heavy atom. The number of carbonyl (C=O) groups is 3. The minimum Gasteiger partial charge on any atom is -0.342 e.